The molecule has 1 aromatic rings. The normalized spacial score (nSPS) is 33.9. The van der Waals surface area contributed by atoms with Gasteiger partial charge in [-0.25, -0.2) is 0 Å². The van der Waals surface area contributed by atoms with E-state index in [0.717, 1.165) is 18.4 Å². The van der Waals surface area contributed by atoms with Crippen LogP contribution in [0.3, 0.4) is 0 Å². The maximum Gasteiger partial charge on any atom is 0.312 e. The summed E-state index contributed by atoms with van der Waals surface area (Å²) >= 11 is 0. The van der Waals surface area contributed by atoms with Gasteiger partial charge in [0.15, 0.2) is 0 Å². The highest BCUT2D eigenvalue weighted by molar-refractivity contribution is 6.46. The molecule has 4 heteroatoms. The molecular weight excluding hydrogens is 280 g/mol. The topological polar surface area (TPSA) is 60.4 Å². The minimum absolute atomic E-state index is 0.399. The van der Waals surface area contributed by atoms with Crippen LogP contribution >= 0.6 is 0 Å². The molecule has 0 bridgehead atoms. The minimum Gasteiger partial charge on any atom is -0.469 e. The van der Waals surface area contributed by atoms with Crippen molar-refractivity contribution >= 4 is 17.5 Å². The lowest BCUT2D eigenvalue weighted by Gasteiger charge is -2.52. The molecule has 1 saturated carbocycles. The predicted octanol–water partition coefficient (Wildman–Crippen LogP) is 2.69. The molecule has 0 heterocycles. The van der Waals surface area contributed by atoms with Gasteiger partial charge in [0.05, 0.1) is 18.4 Å². The number of rotatable bonds is 1. The Hall–Kier alpha value is -1.97. The summed E-state index contributed by atoms with van der Waals surface area (Å²) in [6, 6.07) is 7.28. The number of hydrogen-bond donors (Lipinski definition) is 0. The minimum atomic E-state index is -0.942. The third-order valence-corrected chi connectivity index (χ3v) is 5.59. The number of ketones is 2. The quantitative estimate of drug-likeness (QED) is 0.591. The van der Waals surface area contributed by atoms with Crippen LogP contribution in [-0.2, 0) is 19.7 Å². The zero-order valence-electron chi connectivity index (χ0n) is 13.1. The van der Waals surface area contributed by atoms with Crippen LogP contribution in [0.25, 0.3) is 0 Å². The molecule has 1 aromatic carbocycles. The van der Waals surface area contributed by atoms with Gasteiger partial charge in [-0.1, -0.05) is 37.6 Å². The SMILES string of the molecule is COC(=O)C1(C)CCCC2(C)c3ccccc3C(=O)C(=O)C12. The van der Waals surface area contributed by atoms with Gasteiger partial charge in [-0.2, -0.15) is 0 Å². The van der Waals surface area contributed by atoms with Crippen LogP contribution in [-0.4, -0.2) is 24.6 Å². The number of carbonyl (C=O) groups is 3. The Kier molecular flexibility index (Phi) is 3.24. The molecular formula is C18H20O4. The van der Waals surface area contributed by atoms with Gasteiger partial charge in [0.25, 0.3) is 0 Å². The summed E-state index contributed by atoms with van der Waals surface area (Å²) in [5.74, 6) is -1.98. The van der Waals surface area contributed by atoms with Crippen LogP contribution in [0.2, 0.25) is 0 Å². The number of fused-ring (bicyclic) bond motifs is 3. The molecule has 2 aliphatic rings. The summed E-state index contributed by atoms with van der Waals surface area (Å²) < 4.78 is 4.96. The Bertz CT molecular complexity index is 677. The number of hydrogen-bond acceptors (Lipinski definition) is 4. The van der Waals surface area contributed by atoms with Gasteiger partial charge in [-0.3, -0.25) is 14.4 Å². The second kappa shape index (κ2) is 4.77. The van der Waals surface area contributed by atoms with Crippen LogP contribution in [0.15, 0.2) is 24.3 Å². The molecule has 3 unspecified atom stereocenters. The summed E-state index contributed by atoms with van der Waals surface area (Å²) in [6.07, 6.45) is 2.19. The standard InChI is InChI=1S/C18H20O4/c1-17-9-6-10-18(2,16(21)22-3)15(17)14(20)13(19)11-7-4-5-8-12(11)17/h4-5,7-8,15H,6,9-10H2,1-3H3. The second-order valence-corrected chi connectivity index (χ2v) is 6.85. The summed E-state index contributed by atoms with van der Waals surface area (Å²) in [5, 5.41) is 0. The lowest BCUT2D eigenvalue weighted by molar-refractivity contribution is -0.163. The van der Waals surface area contributed by atoms with E-state index in [1.807, 2.05) is 19.1 Å². The molecule has 22 heavy (non-hydrogen) atoms. The van der Waals surface area contributed by atoms with Crippen molar-refractivity contribution in [3.05, 3.63) is 35.4 Å². The molecule has 2 aliphatic carbocycles. The smallest absolute Gasteiger partial charge is 0.312 e. The third-order valence-electron chi connectivity index (χ3n) is 5.59. The van der Waals surface area contributed by atoms with Gasteiger partial charge in [-0.05, 0) is 25.3 Å². The molecule has 0 N–H and O–H groups in total. The van der Waals surface area contributed by atoms with Crippen molar-refractivity contribution in [3.63, 3.8) is 0 Å². The van der Waals surface area contributed by atoms with E-state index in [2.05, 4.69) is 0 Å². The van der Waals surface area contributed by atoms with Crippen LogP contribution < -0.4 is 0 Å². The van der Waals surface area contributed by atoms with Crippen molar-refractivity contribution in [1.82, 2.24) is 0 Å². The van der Waals surface area contributed by atoms with Crippen molar-refractivity contribution < 1.29 is 19.1 Å². The van der Waals surface area contributed by atoms with Gasteiger partial charge in [0.2, 0.25) is 11.6 Å². The van der Waals surface area contributed by atoms with Crippen LogP contribution in [0.1, 0.15) is 49.0 Å². The van der Waals surface area contributed by atoms with Gasteiger partial charge in [0.1, 0.15) is 0 Å². The van der Waals surface area contributed by atoms with Crippen molar-refractivity contribution in [2.75, 3.05) is 7.11 Å². The highest BCUT2D eigenvalue weighted by Crippen LogP contribution is 2.56. The predicted molar refractivity (Wildman–Crippen MR) is 80.6 cm³/mol. The van der Waals surface area contributed by atoms with Gasteiger partial charge < -0.3 is 4.74 Å². The second-order valence-electron chi connectivity index (χ2n) is 6.85. The van der Waals surface area contributed by atoms with Crippen LogP contribution in [0.5, 0.6) is 0 Å². The molecule has 3 atom stereocenters. The number of Topliss-reactive ketones (excluding diaryl/α,β-unsaturated/α-hetero) is 2. The van der Waals surface area contributed by atoms with E-state index in [1.165, 1.54) is 7.11 Å². The Morgan fingerprint density at radius 2 is 1.86 bits per heavy atom. The molecule has 4 nitrogen and oxygen atoms in total. The molecule has 3 rings (SSSR count). The largest absolute Gasteiger partial charge is 0.469 e. The molecule has 0 radical (unpaired) electrons. The summed E-state index contributed by atoms with van der Waals surface area (Å²) in [5.41, 5.74) is -0.0649. The molecule has 0 amide bonds. The van der Waals surface area contributed by atoms with Crippen LogP contribution in [0.4, 0.5) is 0 Å². The number of ether oxygens (including phenoxy) is 1. The fourth-order valence-electron chi connectivity index (χ4n) is 4.58. The molecule has 0 saturated heterocycles. The zero-order chi connectivity index (χ0) is 16.1. The average Bonchev–Trinajstić information content (AvgIpc) is 2.52. The fraction of sp³-hybridized carbons (Fsp3) is 0.500. The van der Waals surface area contributed by atoms with Gasteiger partial charge >= 0.3 is 5.97 Å². The van der Waals surface area contributed by atoms with Gasteiger partial charge in [-0.15, -0.1) is 0 Å². The molecule has 0 spiro atoms. The Labute approximate surface area is 129 Å². The third kappa shape index (κ3) is 1.73. The Balaban J connectivity index is 2.24. The number of esters is 1. The van der Waals surface area contributed by atoms with E-state index in [-0.39, 0.29) is 0 Å². The van der Waals surface area contributed by atoms with Crippen molar-refractivity contribution in [2.24, 2.45) is 11.3 Å². The summed E-state index contributed by atoms with van der Waals surface area (Å²) in [4.78, 5) is 37.7. The Morgan fingerprint density at radius 1 is 1.18 bits per heavy atom. The number of methoxy groups -OCH3 is 1. The lowest BCUT2D eigenvalue weighted by atomic mass is 9.49. The first kappa shape index (κ1) is 14.9. The highest BCUT2D eigenvalue weighted by Gasteiger charge is 2.61. The van der Waals surface area contributed by atoms with E-state index in [4.69, 9.17) is 4.74 Å². The molecule has 116 valence electrons. The number of benzene rings is 1. The molecule has 1 fully saturated rings. The monoisotopic (exact) mass is 300 g/mol. The van der Waals surface area contributed by atoms with E-state index in [0.29, 0.717) is 12.0 Å². The first-order chi connectivity index (χ1) is 10.4. The zero-order valence-corrected chi connectivity index (χ0v) is 13.1. The lowest BCUT2D eigenvalue weighted by Crippen LogP contribution is -2.58. The van der Waals surface area contributed by atoms with Crippen molar-refractivity contribution in [3.8, 4) is 0 Å². The molecule has 0 aromatic heterocycles. The molecule has 0 aliphatic heterocycles. The highest BCUT2D eigenvalue weighted by atomic mass is 16.5. The maximum absolute atomic E-state index is 12.8. The van der Waals surface area contributed by atoms with E-state index in [9.17, 15) is 14.4 Å². The average molecular weight is 300 g/mol. The first-order valence-electron chi connectivity index (χ1n) is 7.63. The summed E-state index contributed by atoms with van der Waals surface area (Å²) in [7, 11) is 1.34. The fourth-order valence-corrected chi connectivity index (χ4v) is 4.58. The van der Waals surface area contributed by atoms with Crippen molar-refractivity contribution in [2.45, 2.75) is 38.5 Å². The van der Waals surface area contributed by atoms with Crippen LogP contribution in [0, 0.1) is 11.3 Å². The van der Waals surface area contributed by atoms with E-state index in [1.54, 1.807) is 19.1 Å². The number of carbonyl (C=O) groups excluding carboxylic acids is 3. The van der Waals surface area contributed by atoms with E-state index >= 15 is 0 Å². The maximum atomic E-state index is 12.8. The van der Waals surface area contributed by atoms with E-state index < -0.39 is 34.3 Å². The van der Waals surface area contributed by atoms with Gasteiger partial charge in [0, 0.05) is 11.0 Å². The Morgan fingerprint density at radius 3 is 2.55 bits per heavy atom. The summed E-state index contributed by atoms with van der Waals surface area (Å²) in [6.45, 7) is 3.77. The first-order valence-corrected chi connectivity index (χ1v) is 7.63. The van der Waals surface area contributed by atoms with Crippen molar-refractivity contribution in [1.29, 1.82) is 0 Å².